The zero-order valence-corrected chi connectivity index (χ0v) is 10.9. The number of morpholine rings is 1. The lowest BCUT2D eigenvalue weighted by Crippen LogP contribution is -2.35. The summed E-state index contributed by atoms with van der Waals surface area (Å²) in [7, 11) is 0. The topological polar surface area (TPSA) is 50.5 Å². The summed E-state index contributed by atoms with van der Waals surface area (Å²) in [6.07, 6.45) is 1.01. The van der Waals surface area contributed by atoms with Crippen molar-refractivity contribution < 1.29 is 4.74 Å². The van der Waals surface area contributed by atoms with Gasteiger partial charge in [-0.25, -0.2) is 0 Å². The molecule has 1 heterocycles. The molecule has 4 heteroatoms. The van der Waals surface area contributed by atoms with Crippen LogP contribution in [0.2, 0.25) is 0 Å². The Labute approximate surface area is 109 Å². The molecule has 0 amide bonds. The molecule has 0 atom stereocenters. The molecule has 18 heavy (non-hydrogen) atoms. The summed E-state index contributed by atoms with van der Waals surface area (Å²) >= 11 is 0. The molecule has 100 valence electrons. The Hall–Kier alpha value is -1.10. The van der Waals surface area contributed by atoms with Gasteiger partial charge in [0.2, 0.25) is 0 Å². The van der Waals surface area contributed by atoms with Crippen molar-refractivity contribution in [1.82, 2.24) is 4.90 Å². The minimum absolute atomic E-state index is 0.738. The Morgan fingerprint density at radius 3 is 2.56 bits per heavy atom. The molecule has 0 radical (unpaired) electrons. The lowest BCUT2D eigenvalue weighted by atomic mass is 10.2. The highest BCUT2D eigenvalue weighted by Gasteiger charge is 2.10. The van der Waals surface area contributed by atoms with Crippen LogP contribution in [0.4, 0.5) is 5.69 Å². The quantitative estimate of drug-likeness (QED) is 0.746. The van der Waals surface area contributed by atoms with Crippen molar-refractivity contribution in [1.29, 1.82) is 0 Å². The fourth-order valence-electron chi connectivity index (χ4n) is 2.08. The molecule has 1 aromatic carbocycles. The third-order valence-electron chi connectivity index (χ3n) is 3.17. The lowest BCUT2D eigenvalue weighted by molar-refractivity contribution is 0.0342. The summed E-state index contributed by atoms with van der Waals surface area (Å²) in [6, 6.07) is 8.68. The Bertz CT molecular complexity index is 333. The highest BCUT2D eigenvalue weighted by Crippen LogP contribution is 2.12. The van der Waals surface area contributed by atoms with Crippen molar-refractivity contribution >= 4 is 5.69 Å². The van der Waals surface area contributed by atoms with Crippen LogP contribution in [0, 0.1) is 0 Å². The third kappa shape index (κ3) is 4.29. The second-order valence-corrected chi connectivity index (χ2v) is 4.65. The van der Waals surface area contributed by atoms with Crippen LogP contribution in [0.15, 0.2) is 24.3 Å². The maximum atomic E-state index is 5.47. The summed E-state index contributed by atoms with van der Waals surface area (Å²) in [5, 5.41) is 3.36. The van der Waals surface area contributed by atoms with Crippen LogP contribution in [0.5, 0.6) is 0 Å². The number of ether oxygens (including phenoxy) is 1. The Morgan fingerprint density at radius 2 is 1.89 bits per heavy atom. The number of nitrogens with one attached hydrogen (secondary N) is 1. The average Bonchev–Trinajstić information content (AvgIpc) is 2.42. The fourth-order valence-corrected chi connectivity index (χ4v) is 2.08. The highest BCUT2D eigenvalue weighted by molar-refractivity contribution is 5.44. The minimum Gasteiger partial charge on any atom is -0.385 e. The van der Waals surface area contributed by atoms with Gasteiger partial charge in [0.25, 0.3) is 0 Å². The maximum absolute atomic E-state index is 5.47. The van der Waals surface area contributed by atoms with Gasteiger partial charge in [-0.1, -0.05) is 12.1 Å². The Morgan fingerprint density at radius 1 is 1.17 bits per heavy atom. The SMILES string of the molecule is NCCCNc1ccc(CN2CCOCC2)cc1. The molecule has 0 bridgehead atoms. The van der Waals surface area contributed by atoms with Crippen LogP contribution >= 0.6 is 0 Å². The van der Waals surface area contributed by atoms with Gasteiger partial charge in [0, 0.05) is 31.9 Å². The predicted molar refractivity (Wildman–Crippen MR) is 74.7 cm³/mol. The van der Waals surface area contributed by atoms with Crippen LogP contribution in [0.1, 0.15) is 12.0 Å². The molecule has 0 unspecified atom stereocenters. The van der Waals surface area contributed by atoms with Crippen molar-refractivity contribution in [2.75, 3.05) is 44.7 Å². The molecule has 1 aliphatic rings. The van der Waals surface area contributed by atoms with E-state index in [1.165, 1.54) is 11.3 Å². The van der Waals surface area contributed by atoms with E-state index in [1.54, 1.807) is 0 Å². The lowest BCUT2D eigenvalue weighted by Gasteiger charge is -2.26. The van der Waals surface area contributed by atoms with Crippen molar-refractivity contribution in [3.05, 3.63) is 29.8 Å². The van der Waals surface area contributed by atoms with Crippen LogP contribution in [0.25, 0.3) is 0 Å². The largest absolute Gasteiger partial charge is 0.385 e. The van der Waals surface area contributed by atoms with Crippen LogP contribution in [-0.4, -0.2) is 44.3 Å². The number of nitrogens with two attached hydrogens (primary N) is 1. The molecule has 1 fully saturated rings. The first-order chi connectivity index (χ1) is 8.88. The van der Waals surface area contributed by atoms with E-state index >= 15 is 0 Å². The molecule has 4 nitrogen and oxygen atoms in total. The van der Waals surface area contributed by atoms with Gasteiger partial charge in [-0.3, -0.25) is 4.90 Å². The summed E-state index contributed by atoms with van der Waals surface area (Å²) in [6.45, 7) is 6.50. The summed E-state index contributed by atoms with van der Waals surface area (Å²) in [5.74, 6) is 0. The zero-order chi connectivity index (χ0) is 12.6. The van der Waals surface area contributed by atoms with Crippen LogP contribution < -0.4 is 11.1 Å². The smallest absolute Gasteiger partial charge is 0.0594 e. The summed E-state index contributed by atoms with van der Waals surface area (Å²) < 4.78 is 5.35. The number of anilines is 1. The molecule has 1 aliphatic heterocycles. The number of hydrogen-bond donors (Lipinski definition) is 2. The molecule has 0 saturated carbocycles. The van der Waals surface area contributed by atoms with E-state index in [0.29, 0.717) is 0 Å². The fraction of sp³-hybridized carbons (Fsp3) is 0.571. The van der Waals surface area contributed by atoms with Gasteiger partial charge >= 0.3 is 0 Å². The normalized spacial score (nSPS) is 16.7. The van der Waals surface area contributed by atoms with Crippen molar-refractivity contribution in [2.45, 2.75) is 13.0 Å². The van der Waals surface area contributed by atoms with Crippen molar-refractivity contribution in [3.63, 3.8) is 0 Å². The summed E-state index contributed by atoms with van der Waals surface area (Å²) in [5.41, 5.74) is 8.00. The monoisotopic (exact) mass is 249 g/mol. The van der Waals surface area contributed by atoms with E-state index < -0.39 is 0 Å². The molecule has 1 aromatic rings. The van der Waals surface area contributed by atoms with E-state index in [1.807, 2.05) is 0 Å². The van der Waals surface area contributed by atoms with Gasteiger partial charge in [0.05, 0.1) is 13.2 Å². The van der Waals surface area contributed by atoms with Gasteiger partial charge in [0.15, 0.2) is 0 Å². The van der Waals surface area contributed by atoms with E-state index in [-0.39, 0.29) is 0 Å². The first-order valence-electron chi connectivity index (χ1n) is 6.71. The molecular weight excluding hydrogens is 226 g/mol. The molecule has 0 aliphatic carbocycles. The predicted octanol–water partition coefficient (Wildman–Crippen LogP) is 1.28. The van der Waals surface area contributed by atoms with Gasteiger partial charge < -0.3 is 15.8 Å². The van der Waals surface area contributed by atoms with Gasteiger partial charge in [-0.15, -0.1) is 0 Å². The molecular formula is C14H23N3O. The van der Waals surface area contributed by atoms with E-state index in [2.05, 4.69) is 34.5 Å². The Kier molecular flexibility index (Phi) is 5.45. The van der Waals surface area contributed by atoms with Gasteiger partial charge in [-0.2, -0.15) is 0 Å². The van der Waals surface area contributed by atoms with Crippen molar-refractivity contribution in [3.8, 4) is 0 Å². The molecule has 1 saturated heterocycles. The zero-order valence-electron chi connectivity index (χ0n) is 10.9. The molecule has 2 rings (SSSR count). The highest BCUT2D eigenvalue weighted by atomic mass is 16.5. The molecule has 0 spiro atoms. The van der Waals surface area contributed by atoms with E-state index in [0.717, 1.165) is 52.4 Å². The minimum atomic E-state index is 0.738. The molecule has 3 N–H and O–H groups in total. The second-order valence-electron chi connectivity index (χ2n) is 4.65. The average molecular weight is 249 g/mol. The van der Waals surface area contributed by atoms with E-state index in [4.69, 9.17) is 10.5 Å². The number of hydrogen-bond acceptors (Lipinski definition) is 4. The van der Waals surface area contributed by atoms with Gasteiger partial charge in [0.1, 0.15) is 0 Å². The third-order valence-corrected chi connectivity index (χ3v) is 3.17. The second kappa shape index (κ2) is 7.36. The van der Waals surface area contributed by atoms with Crippen LogP contribution in [-0.2, 0) is 11.3 Å². The molecule has 0 aromatic heterocycles. The number of nitrogens with zero attached hydrogens (tertiary/aromatic N) is 1. The first kappa shape index (κ1) is 13.3. The maximum Gasteiger partial charge on any atom is 0.0594 e. The first-order valence-corrected chi connectivity index (χ1v) is 6.71. The number of benzene rings is 1. The number of rotatable bonds is 6. The standard InChI is InChI=1S/C14H23N3O/c15-6-1-7-16-14-4-2-13(3-5-14)12-17-8-10-18-11-9-17/h2-5,16H,1,6-12,15H2. The van der Waals surface area contributed by atoms with Gasteiger partial charge in [-0.05, 0) is 30.7 Å². The van der Waals surface area contributed by atoms with E-state index in [9.17, 15) is 0 Å². The van der Waals surface area contributed by atoms with Crippen LogP contribution in [0.3, 0.4) is 0 Å². The van der Waals surface area contributed by atoms with Crippen molar-refractivity contribution in [2.24, 2.45) is 5.73 Å². The summed E-state index contributed by atoms with van der Waals surface area (Å²) in [4.78, 5) is 2.43. The Balaban J connectivity index is 1.79.